The first kappa shape index (κ1) is 14.9. The van der Waals surface area contributed by atoms with Crippen LogP contribution < -0.4 is 0 Å². The molecule has 0 radical (unpaired) electrons. The second-order valence-corrected chi connectivity index (χ2v) is 6.28. The fourth-order valence-corrected chi connectivity index (χ4v) is 3.29. The normalized spacial score (nSPS) is 15.8. The van der Waals surface area contributed by atoms with Crippen molar-refractivity contribution in [3.63, 3.8) is 0 Å². The number of H-pyrrole nitrogens is 1. The Morgan fingerprint density at radius 3 is 2.92 bits per heavy atom. The van der Waals surface area contributed by atoms with E-state index in [-0.39, 0.29) is 0 Å². The molecule has 1 aliphatic rings. The Labute approximate surface area is 140 Å². The van der Waals surface area contributed by atoms with E-state index in [1.54, 1.807) is 0 Å². The third kappa shape index (κ3) is 2.66. The van der Waals surface area contributed by atoms with Crippen LogP contribution in [0.4, 0.5) is 5.69 Å². The maximum absolute atomic E-state index is 5.39. The monoisotopic (exact) mass is 320 g/mol. The van der Waals surface area contributed by atoms with Crippen molar-refractivity contribution in [2.45, 2.75) is 39.5 Å². The number of hydrogen-bond acceptors (Lipinski definition) is 4. The number of nitrogens with zero attached hydrogens (tertiary/aromatic N) is 3. The molecule has 122 valence electrons. The van der Waals surface area contributed by atoms with E-state index in [2.05, 4.69) is 27.5 Å². The van der Waals surface area contributed by atoms with E-state index in [0.29, 0.717) is 0 Å². The lowest BCUT2D eigenvalue weighted by atomic mass is 9.91. The van der Waals surface area contributed by atoms with Crippen molar-refractivity contribution in [2.24, 2.45) is 4.99 Å². The van der Waals surface area contributed by atoms with Gasteiger partial charge in [-0.3, -0.25) is 5.10 Å². The van der Waals surface area contributed by atoms with E-state index >= 15 is 0 Å². The van der Waals surface area contributed by atoms with Crippen LogP contribution in [0.3, 0.4) is 0 Å². The second kappa shape index (κ2) is 6.07. The van der Waals surface area contributed by atoms with Crippen LogP contribution in [0.1, 0.15) is 42.7 Å². The fraction of sp³-hybridized carbons (Fsp3) is 0.316. The van der Waals surface area contributed by atoms with E-state index in [9.17, 15) is 0 Å². The lowest BCUT2D eigenvalue weighted by Gasteiger charge is -2.15. The molecule has 24 heavy (non-hydrogen) atoms. The maximum atomic E-state index is 5.39. The molecule has 0 saturated heterocycles. The number of aryl methyl sites for hydroxylation is 2. The minimum atomic E-state index is 0.821. The van der Waals surface area contributed by atoms with Gasteiger partial charge in [-0.25, -0.2) is 4.99 Å². The van der Waals surface area contributed by atoms with Crippen LogP contribution in [0.15, 0.2) is 45.6 Å². The minimum absolute atomic E-state index is 0.821. The summed E-state index contributed by atoms with van der Waals surface area (Å²) in [5, 5.41) is 12.2. The SMILES string of the molecule is Cc1noc(C)c1/C(=N/c1ccc2[nH]ncc2c1)C1=CCCCC1. The molecule has 1 aromatic carbocycles. The van der Waals surface area contributed by atoms with Gasteiger partial charge in [-0.05, 0) is 63.3 Å². The third-order valence-electron chi connectivity index (χ3n) is 4.53. The smallest absolute Gasteiger partial charge is 0.143 e. The highest BCUT2D eigenvalue weighted by atomic mass is 16.5. The molecule has 0 saturated carbocycles. The Balaban J connectivity index is 1.86. The zero-order chi connectivity index (χ0) is 16.5. The number of aromatic amines is 1. The molecule has 5 nitrogen and oxygen atoms in total. The molecule has 1 N–H and O–H groups in total. The average molecular weight is 320 g/mol. The van der Waals surface area contributed by atoms with Gasteiger partial charge in [0.05, 0.1) is 34.4 Å². The Morgan fingerprint density at radius 2 is 2.17 bits per heavy atom. The molecule has 4 rings (SSSR count). The van der Waals surface area contributed by atoms with Gasteiger partial charge >= 0.3 is 0 Å². The van der Waals surface area contributed by atoms with Crippen LogP contribution in [-0.2, 0) is 0 Å². The van der Waals surface area contributed by atoms with E-state index in [1.165, 1.54) is 18.4 Å². The Bertz CT molecular complexity index is 926. The number of hydrogen-bond donors (Lipinski definition) is 1. The van der Waals surface area contributed by atoms with E-state index in [0.717, 1.165) is 52.2 Å². The van der Waals surface area contributed by atoms with Crippen LogP contribution in [-0.4, -0.2) is 21.1 Å². The first-order valence-electron chi connectivity index (χ1n) is 8.37. The summed E-state index contributed by atoms with van der Waals surface area (Å²) < 4.78 is 5.39. The quantitative estimate of drug-likeness (QED) is 0.706. The molecule has 0 fully saturated rings. The molecule has 2 heterocycles. The van der Waals surface area contributed by atoms with Crippen LogP contribution in [0.2, 0.25) is 0 Å². The number of rotatable bonds is 3. The number of benzene rings is 1. The minimum Gasteiger partial charge on any atom is -0.361 e. The van der Waals surface area contributed by atoms with E-state index in [4.69, 9.17) is 9.52 Å². The summed E-state index contributed by atoms with van der Waals surface area (Å²) in [5.74, 6) is 0.821. The lowest BCUT2D eigenvalue weighted by molar-refractivity contribution is 0.393. The number of fused-ring (bicyclic) bond motifs is 1. The molecule has 0 unspecified atom stereocenters. The zero-order valence-electron chi connectivity index (χ0n) is 14.0. The van der Waals surface area contributed by atoms with Gasteiger partial charge in [-0.15, -0.1) is 0 Å². The van der Waals surface area contributed by atoms with Gasteiger partial charge in [0, 0.05) is 5.39 Å². The molecule has 1 aliphatic carbocycles. The summed E-state index contributed by atoms with van der Waals surface area (Å²) in [4.78, 5) is 4.98. The van der Waals surface area contributed by atoms with Crippen LogP contribution in [0, 0.1) is 13.8 Å². The number of allylic oxidation sites excluding steroid dienone is 2. The first-order valence-corrected chi connectivity index (χ1v) is 8.37. The predicted molar refractivity (Wildman–Crippen MR) is 94.8 cm³/mol. The Hall–Kier alpha value is -2.69. The molecule has 0 atom stereocenters. The van der Waals surface area contributed by atoms with Crippen LogP contribution in [0.25, 0.3) is 10.9 Å². The first-order chi connectivity index (χ1) is 11.7. The van der Waals surface area contributed by atoms with Crippen molar-refractivity contribution < 1.29 is 4.52 Å². The molecule has 5 heteroatoms. The van der Waals surface area contributed by atoms with Crippen LogP contribution in [0.5, 0.6) is 0 Å². The highest BCUT2D eigenvalue weighted by Gasteiger charge is 2.20. The van der Waals surface area contributed by atoms with Crippen molar-refractivity contribution in [1.82, 2.24) is 15.4 Å². The Kier molecular flexibility index (Phi) is 3.76. The van der Waals surface area contributed by atoms with Crippen LogP contribution >= 0.6 is 0 Å². The topological polar surface area (TPSA) is 67.1 Å². The summed E-state index contributed by atoms with van der Waals surface area (Å²) in [5.41, 5.74) is 6.14. The summed E-state index contributed by atoms with van der Waals surface area (Å²) in [6.07, 6.45) is 8.75. The second-order valence-electron chi connectivity index (χ2n) is 6.28. The number of aliphatic imine (C=N–C) groups is 1. The highest BCUT2D eigenvalue weighted by Crippen LogP contribution is 2.28. The van der Waals surface area contributed by atoms with E-state index in [1.807, 2.05) is 32.2 Å². The third-order valence-corrected chi connectivity index (χ3v) is 4.53. The van der Waals surface area contributed by atoms with Gasteiger partial charge < -0.3 is 4.52 Å². The standard InChI is InChI=1S/C19H20N4O/c1-12-18(13(2)24-23-12)19(14-6-4-3-5-7-14)21-16-8-9-17-15(10-16)11-20-22-17/h6,8-11H,3-5,7H2,1-2H3,(H,20,22)/b21-19+. The van der Waals surface area contributed by atoms with Gasteiger partial charge in [-0.2, -0.15) is 5.10 Å². The van der Waals surface area contributed by atoms with Crippen molar-refractivity contribution in [3.05, 3.63) is 53.1 Å². The van der Waals surface area contributed by atoms with Gasteiger partial charge in [0.15, 0.2) is 0 Å². The average Bonchev–Trinajstić information content (AvgIpc) is 3.20. The largest absolute Gasteiger partial charge is 0.361 e. The van der Waals surface area contributed by atoms with Crippen molar-refractivity contribution in [3.8, 4) is 0 Å². The van der Waals surface area contributed by atoms with E-state index < -0.39 is 0 Å². The lowest BCUT2D eigenvalue weighted by Crippen LogP contribution is -2.10. The molecule has 0 spiro atoms. The molecule has 3 aromatic rings. The van der Waals surface area contributed by atoms with Gasteiger partial charge in [-0.1, -0.05) is 11.2 Å². The highest BCUT2D eigenvalue weighted by molar-refractivity contribution is 6.15. The summed E-state index contributed by atoms with van der Waals surface area (Å²) in [7, 11) is 0. The van der Waals surface area contributed by atoms with Gasteiger partial charge in [0.25, 0.3) is 0 Å². The molecule has 2 aromatic heterocycles. The summed E-state index contributed by atoms with van der Waals surface area (Å²) in [6.45, 7) is 3.93. The van der Waals surface area contributed by atoms with Crippen molar-refractivity contribution >= 4 is 22.3 Å². The zero-order valence-corrected chi connectivity index (χ0v) is 14.0. The molecule has 0 bridgehead atoms. The number of nitrogens with one attached hydrogen (secondary N) is 1. The molecule has 0 amide bonds. The Morgan fingerprint density at radius 1 is 1.25 bits per heavy atom. The summed E-state index contributed by atoms with van der Waals surface area (Å²) in [6, 6.07) is 6.09. The maximum Gasteiger partial charge on any atom is 0.143 e. The molecule has 0 aliphatic heterocycles. The number of aromatic nitrogens is 3. The molecular formula is C19H20N4O. The summed E-state index contributed by atoms with van der Waals surface area (Å²) >= 11 is 0. The van der Waals surface area contributed by atoms with Gasteiger partial charge in [0.2, 0.25) is 0 Å². The van der Waals surface area contributed by atoms with Crippen molar-refractivity contribution in [1.29, 1.82) is 0 Å². The molecular weight excluding hydrogens is 300 g/mol. The fourth-order valence-electron chi connectivity index (χ4n) is 3.29. The van der Waals surface area contributed by atoms with Gasteiger partial charge in [0.1, 0.15) is 5.76 Å². The predicted octanol–water partition coefficient (Wildman–Crippen LogP) is 4.79. The van der Waals surface area contributed by atoms with Crippen molar-refractivity contribution in [2.75, 3.05) is 0 Å².